The molecule has 0 saturated heterocycles. The van der Waals surface area contributed by atoms with Crippen LogP contribution in [0.4, 0.5) is 21.6 Å². The molecular formula is C15H11BrClFN4. The summed E-state index contributed by atoms with van der Waals surface area (Å²) in [6, 6.07) is 6.54. The van der Waals surface area contributed by atoms with Crippen LogP contribution in [0.5, 0.6) is 0 Å². The van der Waals surface area contributed by atoms with Gasteiger partial charge in [-0.15, -0.1) is 0 Å². The highest BCUT2D eigenvalue weighted by Gasteiger charge is 2.14. The number of nitrogen functional groups attached to an aromatic ring is 1. The lowest BCUT2D eigenvalue weighted by Crippen LogP contribution is -2.01. The standard InChI is InChI=1S/C15H11BrClFN4/c1-7-12-11(5-8(16)14(7)19)20-6-21-15(12)22-10-4-2-3-9(17)13(10)18/h2-6H,19H2,1H3,(H,20,21,22). The predicted molar refractivity (Wildman–Crippen MR) is 91.1 cm³/mol. The van der Waals surface area contributed by atoms with Gasteiger partial charge in [-0.3, -0.25) is 0 Å². The van der Waals surface area contributed by atoms with Gasteiger partial charge in [0.2, 0.25) is 0 Å². The molecule has 0 unspecified atom stereocenters. The van der Waals surface area contributed by atoms with Gasteiger partial charge in [0.25, 0.3) is 0 Å². The first kappa shape index (κ1) is 15.0. The SMILES string of the molecule is Cc1c(N)c(Br)cc2ncnc(Nc3cccc(Cl)c3F)c12. The van der Waals surface area contributed by atoms with Gasteiger partial charge >= 0.3 is 0 Å². The Labute approximate surface area is 139 Å². The zero-order chi connectivity index (χ0) is 15.9. The fraction of sp³-hybridized carbons (Fsp3) is 0.0667. The molecule has 0 aliphatic heterocycles. The van der Waals surface area contributed by atoms with Crippen molar-refractivity contribution in [2.45, 2.75) is 6.92 Å². The summed E-state index contributed by atoms with van der Waals surface area (Å²) in [7, 11) is 0. The molecule has 0 atom stereocenters. The average molecular weight is 382 g/mol. The van der Waals surface area contributed by atoms with E-state index >= 15 is 0 Å². The molecule has 0 saturated carbocycles. The van der Waals surface area contributed by atoms with Crippen molar-refractivity contribution in [1.82, 2.24) is 9.97 Å². The number of benzene rings is 2. The van der Waals surface area contributed by atoms with Gasteiger partial charge in [-0.1, -0.05) is 17.7 Å². The van der Waals surface area contributed by atoms with Gasteiger partial charge in [-0.05, 0) is 46.6 Å². The lowest BCUT2D eigenvalue weighted by Gasteiger charge is -2.13. The van der Waals surface area contributed by atoms with Crippen molar-refractivity contribution in [2.24, 2.45) is 0 Å². The molecule has 3 rings (SSSR count). The van der Waals surface area contributed by atoms with Crippen LogP contribution in [0.25, 0.3) is 10.9 Å². The Kier molecular flexibility index (Phi) is 3.88. The van der Waals surface area contributed by atoms with Gasteiger partial charge in [-0.2, -0.15) is 0 Å². The van der Waals surface area contributed by atoms with Crippen LogP contribution < -0.4 is 11.1 Å². The van der Waals surface area contributed by atoms with Gasteiger partial charge in [0.1, 0.15) is 12.1 Å². The molecule has 0 amide bonds. The molecule has 0 radical (unpaired) electrons. The normalized spacial score (nSPS) is 10.9. The van der Waals surface area contributed by atoms with Gasteiger partial charge in [-0.25, -0.2) is 14.4 Å². The fourth-order valence-corrected chi connectivity index (χ4v) is 2.90. The van der Waals surface area contributed by atoms with Crippen molar-refractivity contribution in [3.63, 3.8) is 0 Å². The van der Waals surface area contributed by atoms with E-state index in [0.29, 0.717) is 17.0 Å². The zero-order valence-corrected chi connectivity index (χ0v) is 13.8. The Morgan fingerprint density at radius 2 is 2.09 bits per heavy atom. The molecule has 1 heterocycles. The van der Waals surface area contributed by atoms with Crippen molar-refractivity contribution in [2.75, 3.05) is 11.1 Å². The number of hydrogen-bond acceptors (Lipinski definition) is 4. The van der Waals surface area contributed by atoms with E-state index in [4.69, 9.17) is 17.3 Å². The Morgan fingerprint density at radius 3 is 2.86 bits per heavy atom. The maximum atomic E-state index is 14.1. The number of fused-ring (bicyclic) bond motifs is 1. The average Bonchev–Trinajstić information content (AvgIpc) is 2.49. The van der Waals surface area contributed by atoms with E-state index in [-0.39, 0.29) is 10.7 Å². The minimum Gasteiger partial charge on any atom is -0.398 e. The van der Waals surface area contributed by atoms with E-state index in [0.717, 1.165) is 15.4 Å². The van der Waals surface area contributed by atoms with Crippen LogP contribution in [-0.4, -0.2) is 9.97 Å². The summed E-state index contributed by atoms with van der Waals surface area (Å²) >= 11 is 9.20. The molecule has 0 aliphatic rings. The first-order valence-electron chi connectivity index (χ1n) is 6.39. The van der Waals surface area contributed by atoms with Crippen LogP contribution in [0.1, 0.15) is 5.56 Å². The number of aromatic nitrogens is 2. The molecule has 22 heavy (non-hydrogen) atoms. The van der Waals surface area contributed by atoms with E-state index < -0.39 is 5.82 Å². The molecule has 2 aromatic carbocycles. The molecule has 4 nitrogen and oxygen atoms in total. The minimum atomic E-state index is -0.529. The highest BCUT2D eigenvalue weighted by Crippen LogP contribution is 2.35. The lowest BCUT2D eigenvalue weighted by atomic mass is 10.1. The number of anilines is 3. The zero-order valence-electron chi connectivity index (χ0n) is 11.5. The summed E-state index contributed by atoms with van der Waals surface area (Å²) < 4.78 is 14.8. The summed E-state index contributed by atoms with van der Waals surface area (Å²) in [6.07, 6.45) is 1.41. The number of nitrogens with zero attached hydrogens (tertiary/aromatic N) is 2. The molecule has 0 fully saturated rings. The van der Waals surface area contributed by atoms with Crippen molar-refractivity contribution >= 4 is 55.6 Å². The highest BCUT2D eigenvalue weighted by atomic mass is 79.9. The fourth-order valence-electron chi connectivity index (χ4n) is 2.21. The second-order valence-corrected chi connectivity index (χ2v) is 6.00. The topological polar surface area (TPSA) is 63.8 Å². The number of halogens is 3. The van der Waals surface area contributed by atoms with E-state index in [1.54, 1.807) is 18.2 Å². The van der Waals surface area contributed by atoms with E-state index in [1.165, 1.54) is 12.4 Å². The second-order valence-electron chi connectivity index (χ2n) is 4.74. The summed E-state index contributed by atoms with van der Waals surface area (Å²) in [5.74, 6) is -0.0541. The van der Waals surface area contributed by atoms with E-state index in [2.05, 4.69) is 31.2 Å². The maximum absolute atomic E-state index is 14.1. The van der Waals surface area contributed by atoms with E-state index in [9.17, 15) is 4.39 Å². The van der Waals surface area contributed by atoms with Crippen molar-refractivity contribution in [1.29, 1.82) is 0 Å². The summed E-state index contributed by atoms with van der Waals surface area (Å²) in [6.45, 7) is 1.87. The van der Waals surface area contributed by atoms with Crippen LogP contribution in [0, 0.1) is 12.7 Å². The van der Waals surface area contributed by atoms with Gasteiger partial charge in [0.15, 0.2) is 5.82 Å². The first-order valence-corrected chi connectivity index (χ1v) is 7.56. The van der Waals surface area contributed by atoms with Crippen LogP contribution in [0.2, 0.25) is 5.02 Å². The molecule has 1 aromatic heterocycles. The largest absolute Gasteiger partial charge is 0.398 e. The lowest BCUT2D eigenvalue weighted by molar-refractivity contribution is 0.632. The molecule has 3 N–H and O–H groups in total. The quantitative estimate of drug-likeness (QED) is 0.625. The predicted octanol–water partition coefficient (Wildman–Crippen LogP) is 4.82. The monoisotopic (exact) mass is 380 g/mol. The number of rotatable bonds is 2. The van der Waals surface area contributed by atoms with Crippen LogP contribution in [0.3, 0.4) is 0 Å². The van der Waals surface area contributed by atoms with Crippen LogP contribution in [-0.2, 0) is 0 Å². The highest BCUT2D eigenvalue weighted by molar-refractivity contribution is 9.10. The summed E-state index contributed by atoms with van der Waals surface area (Å²) in [4.78, 5) is 8.43. The van der Waals surface area contributed by atoms with Crippen molar-refractivity contribution in [3.05, 3.63) is 51.5 Å². The van der Waals surface area contributed by atoms with E-state index in [1.807, 2.05) is 6.92 Å². The summed E-state index contributed by atoms with van der Waals surface area (Å²) in [5.41, 5.74) is 8.40. The maximum Gasteiger partial charge on any atom is 0.165 e. The van der Waals surface area contributed by atoms with Crippen LogP contribution >= 0.6 is 27.5 Å². The molecule has 7 heteroatoms. The minimum absolute atomic E-state index is 0.0438. The number of aryl methyl sites for hydroxylation is 1. The Balaban J connectivity index is 2.19. The molecule has 0 aliphatic carbocycles. The Bertz CT molecular complexity index is 885. The number of nitrogens with two attached hydrogens (primary N) is 1. The molecule has 0 bridgehead atoms. The van der Waals surface area contributed by atoms with Gasteiger partial charge in [0.05, 0.1) is 16.2 Å². The second kappa shape index (κ2) is 5.70. The third-order valence-corrected chi connectivity index (χ3v) is 4.33. The molecule has 112 valence electrons. The van der Waals surface area contributed by atoms with Gasteiger partial charge in [0, 0.05) is 15.5 Å². The molecule has 0 spiro atoms. The van der Waals surface area contributed by atoms with Crippen LogP contribution in [0.15, 0.2) is 35.1 Å². The Hall–Kier alpha value is -1.92. The Morgan fingerprint density at radius 1 is 1.32 bits per heavy atom. The van der Waals surface area contributed by atoms with Crippen molar-refractivity contribution in [3.8, 4) is 0 Å². The van der Waals surface area contributed by atoms with Gasteiger partial charge < -0.3 is 11.1 Å². The number of nitrogens with one attached hydrogen (secondary N) is 1. The molecule has 3 aromatic rings. The smallest absolute Gasteiger partial charge is 0.165 e. The first-order chi connectivity index (χ1) is 10.5. The summed E-state index contributed by atoms with van der Waals surface area (Å²) in [5, 5.41) is 3.74. The third kappa shape index (κ3) is 2.48. The van der Waals surface area contributed by atoms with Crippen molar-refractivity contribution < 1.29 is 4.39 Å². The number of hydrogen-bond donors (Lipinski definition) is 2. The third-order valence-electron chi connectivity index (χ3n) is 3.38. The molecular weight excluding hydrogens is 371 g/mol.